The van der Waals surface area contributed by atoms with Crippen molar-refractivity contribution >= 4 is 17.4 Å². The summed E-state index contributed by atoms with van der Waals surface area (Å²) in [5.41, 5.74) is 0.780. The smallest absolute Gasteiger partial charge is 0.320 e. The van der Waals surface area contributed by atoms with Gasteiger partial charge in [0.25, 0.3) is 0 Å². The molecule has 2 aromatic heterocycles. The first-order valence-corrected chi connectivity index (χ1v) is 12.2. The van der Waals surface area contributed by atoms with Crippen molar-refractivity contribution in [2.75, 3.05) is 46.3 Å². The number of amides is 2. The molecule has 1 aromatic carbocycles. The van der Waals surface area contributed by atoms with E-state index >= 15 is 0 Å². The zero-order chi connectivity index (χ0) is 22.6. The van der Waals surface area contributed by atoms with Gasteiger partial charge in [0, 0.05) is 50.6 Å². The molecule has 2 aliphatic heterocycles. The minimum absolute atomic E-state index is 0.177. The molecule has 0 radical (unpaired) electrons. The molecule has 1 atom stereocenters. The molecular formula is C22H28N8O2S. The van der Waals surface area contributed by atoms with E-state index in [1.54, 1.807) is 16.0 Å². The number of ether oxygens (including phenoxy) is 1. The maximum atomic E-state index is 12.9. The van der Waals surface area contributed by atoms with Crippen LogP contribution in [0.4, 0.5) is 4.79 Å². The number of likely N-dealkylation sites (N-methyl/N-ethyl adjacent to an activating group) is 1. The zero-order valence-corrected chi connectivity index (χ0v) is 19.5. The van der Waals surface area contributed by atoms with Gasteiger partial charge in [-0.15, -0.1) is 16.4 Å². The number of likely N-dealkylation sites (tertiary alicyclic amines) is 1. The fourth-order valence-electron chi connectivity index (χ4n) is 4.27. The number of hydrogen-bond acceptors (Lipinski definition) is 8. The molecule has 0 saturated carbocycles. The molecule has 174 valence electrons. The Hall–Kier alpha value is -3.05. The Morgan fingerprint density at radius 2 is 1.79 bits per heavy atom. The first-order valence-electron chi connectivity index (χ1n) is 11.3. The van der Waals surface area contributed by atoms with E-state index in [1.807, 2.05) is 45.5 Å². The van der Waals surface area contributed by atoms with Crippen LogP contribution in [0, 0.1) is 0 Å². The molecule has 0 aliphatic carbocycles. The fourth-order valence-corrected chi connectivity index (χ4v) is 5.27. The number of benzene rings is 1. The minimum atomic E-state index is -0.536. The Morgan fingerprint density at radius 1 is 1.06 bits per heavy atom. The average Bonchev–Trinajstić information content (AvgIpc) is 3.56. The highest BCUT2D eigenvalue weighted by atomic mass is 32.1. The Kier molecular flexibility index (Phi) is 6.49. The number of urea groups is 1. The van der Waals surface area contributed by atoms with E-state index in [9.17, 15) is 4.79 Å². The molecule has 0 bridgehead atoms. The number of thiazole rings is 1. The number of carbonyl (C=O) groups excluding carboxylic acids is 1. The average molecular weight is 469 g/mol. The molecule has 2 amide bonds. The summed E-state index contributed by atoms with van der Waals surface area (Å²) in [7, 11) is 2.10. The second kappa shape index (κ2) is 9.84. The van der Waals surface area contributed by atoms with Crippen LogP contribution in [0.15, 0.2) is 42.0 Å². The Balaban J connectivity index is 1.23. The van der Waals surface area contributed by atoms with Crippen LogP contribution in [0.5, 0.6) is 5.75 Å². The number of piperidine rings is 1. The number of tetrazole rings is 1. The van der Waals surface area contributed by atoms with Gasteiger partial charge >= 0.3 is 6.03 Å². The van der Waals surface area contributed by atoms with Crippen molar-refractivity contribution in [3.8, 4) is 5.75 Å². The maximum Gasteiger partial charge on any atom is 0.320 e. The van der Waals surface area contributed by atoms with E-state index in [0.717, 1.165) is 68.6 Å². The van der Waals surface area contributed by atoms with Gasteiger partial charge in [0.15, 0.2) is 0 Å². The minimum Gasteiger partial charge on any atom is -0.463 e. The van der Waals surface area contributed by atoms with Crippen molar-refractivity contribution in [2.24, 2.45) is 0 Å². The van der Waals surface area contributed by atoms with Crippen LogP contribution >= 0.6 is 11.3 Å². The van der Waals surface area contributed by atoms with E-state index < -0.39 is 6.23 Å². The maximum absolute atomic E-state index is 12.9. The first-order chi connectivity index (χ1) is 16.2. The summed E-state index contributed by atoms with van der Waals surface area (Å²) < 4.78 is 7.74. The van der Waals surface area contributed by atoms with Crippen molar-refractivity contribution in [1.82, 2.24) is 39.9 Å². The third-order valence-corrected chi connectivity index (χ3v) is 7.30. The summed E-state index contributed by atoms with van der Waals surface area (Å²) in [6.07, 6.45) is 2.84. The Morgan fingerprint density at radius 3 is 2.48 bits per heavy atom. The normalized spacial score (nSPS) is 18.9. The summed E-state index contributed by atoms with van der Waals surface area (Å²) in [5, 5.41) is 14.6. The highest BCUT2D eigenvalue weighted by molar-refractivity contribution is 7.09. The quantitative estimate of drug-likeness (QED) is 0.567. The predicted octanol–water partition coefficient (Wildman–Crippen LogP) is 2.30. The molecule has 10 nitrogen and oxygen atoms in total. The fraction of sp³-hybridized carbons (Fsp3) is 0.500. The van der Waals surface area contributed by atoms with Crippen molar-refractivity contribution in [1.29, 1.82) is 0 Å². The standard InChI is InChI=1S/C22H28N8O2S/c1-27-11-13-29(14-12-27)22(31)28-9-7-17(8-10-28)20-24-19(15-33-20)21(30-16-23-25-26-30)32-18-5-3-2-4-6-18/h2-6,15-17,21H,7-14H2,1H3. The molecule has 0 spiro atoms. The number of hydrogen-bond donors (Lipinski definition) is 0. The SMILES string of the molecule is CN1CCN(C(=O)N2CCC(c3nc(C(Oc4ccccc4)n4cnnn4)cs3)CC2)CC1. The highest BCUT2D eigenvalue weighted by Crippen LogP contribution is 2.33. The lowest BCUT2D eigenvalue weighted by molar-refractivity contribution is 0.113. The van der Waals surface area contributed by atoms with Gasteiger partial charge in [-0.1, -0.05) is 18.2 Å². The van der Waals surface area contributed by atoms with Crippen LogP contribution in [0.3, 0.4) is 0 Å². The van der Waals surface area contributed by atoms with Gasteiger partial charge in [-0.05, 0) is 42.4 Å². The van der Waals surface area contributed by atoms with Crippen molar-refractivity contribution in [3.63, 3.8) is 0 Å². The highest BCUT2D eigenvalue weighted by Gasteiger charge is 2.30. The van der Waals surface area contributed by atoms with Crippen molar-refractivity contribution in [3.05, 3.63) is 52.7 Å². The number of nitrogens with zero attached hydrogens (tertiary/aromatic N) is 8. The Bertz CT molecular complexity index is 1030. The zero-order valence-electron chi connectivity index (χ0n) is 18.7. The van der Waals surface area contributed by atoms with Crippen LogP contribution in [0.2, 0.25) is 0 Å². The molecular weight excluding hydrogens is 440 g/mol. The second-order valence-electron chi connectivity index (χ2n) is 8.52. The van der Waals surface area contributed by atoms with E-state index in [2.05, 4.69) is 27.5 Å². The van der Waals surface area contributed by atoms with Gasteiger partial charge < -0.3 is 19.4 Å². The molecule has 4 heterocycles. The van der Waals surface area contributed by atoms with Crippen LogP contribution < -0.4 is 4.74 Å². The van der Waals surface area contributed by atoms with Crippen LogP contribution in [-0.2, 0) is 0 Å². The van der Waals surface area contributed by atoms with Crippen LogP contribution in [0.25, 0.3) is 0 Å². The summed E-state index contributed by atoms with van der Waals surface area (Å²) in [6.45, 7) is 5.04. The number of para-hydroxylation sites is 1. The van der Waals surface area contributed by atoms with Gasteiger partial charge in [0.2, 0.25) is 6.23 Å². The number of carbonyl (C=O) groups is 1. The molecule has 2 fully saturated rings. The van der Waals surface area contributed by atoms with Crippen LogP contribution in [-0.4, -0.2) is 92.2 Å². The monoisotopic (exact) mass is 468 g/mol. The second-order valence-corrected chi connectivity index (χ2v) is 9.41. The topological polar surface area (TPSA) is 92.5 Å². The predicted molar refractivity (Wildman–Crippen MR) is 123 cm³/mol. The van der Waals surface area contributed by atoms with Crippen molar-refractivity contribution in [2.45, 2.75) is 25.0 Å². The molecule has 33 heavy (non-hydrogen) atoms. The molecule has 2 aliphatic rings. The molecule has 5 rings (SSSR count). The lowest BCUT2D eigenvalue weighted by Gasteiger charge is -2.38. The van der Waals surface area contributed by atoms with E-state index in [1.165, 1.54) is 6.33 Å². The van der Waals surface area contributed by atoms with Crippen molar-refractivity contribution < 1.29 is 9.53 Å². The lowest BCUT2D eigenvalue weighted by atomic mass is 9.98. The Labute approximate surface area is 196 Å². The largest absolute Gasteiger partial charge is 0.463 e. The molecule has 11 heteroatoms. The molecule has 2 saturated heterocycles. The number of rotatable bonds is 5. The summed E-state index contributed by atoms with van der Waals surface area (Å²) in [5.74, 6) is 1.06. The summed E-state index contributed by atoms with van der Waals surface area (Å²) in [4.78, 5) is 24.0. The van der Waals surface area contributed by atoms with Gasteiger partial charge in [0.1, 0.15) is 17.8 Å². The van der Waals surface area contributed by atoms with Crippen LogP contribution in [0.1, 0.15) is 35.7 Å². The van der Waals surface area contributed by atoms with E-state index in [4.69, 9.17) is 9.72 Å². The van der Waals surface area contributed by atoms with Gasteiger partial charge in [-0.25, -0.2) is 9.78 Å². The van der Waals surface area contributed by atoms with Gasteiger partial charge in [-0.2, -0.15) is 4.68 Å². The first kappa shape index (κ1) is 21.8. The third-order valence-electron chi connectivity index (χ3n) is 6.28. The third kappa shape index (κ3) is 4.98. The van der Waals surface area contributed by atoms with E-state index in [-0.39, 0.29) is 6.03 Å². The number of piperazine rings is 1. The molecule has 3 aromatic rings. The lowest BCUT2D eigenvalue weighted by Crippen LogP contribution is -2.53. The van der Waals surface area contributed by atoms with Gasteiger partial charge in [0.05, 0.1) is 5.01 Å². The number of aromatic nitrogens is 5. The van der Waals surface area contributed by atoms with Gasteiger partial charge in [-0.3, -0.25) is 0 Å². The summed E-state index contributed by atoms with van der Waals surface area (Å²) >= 11 is 1.64. The molecule has 1 unspecified atom stereocenters. The molecule has 0 N–H and O–H groups in total. The summed E-state index contributed by atoms with van der Waals surface area (Å²) in [6, 6.07) is 9.78. The van der Waals surface area contributed by atoms with E-state index in [0.29, 0.717) is 5.92 Å².